The van der Waals surface area contributed by atoms with Gasteiger partial charge in [-0.3, -0.25) is 0 Å². The largest absolute Gasteiger partial charge is 0.669 e. The van der Waals surface area contributed by atoms with E-state index in [-0.39, 0.29) is 509 Å². The van der Waals surface area contributed by atoms with Gasteiger partial charge in [0.15, 0.2) is 5.79 Å². The normalized spacial score (nSPS) is 26.8. The molecule has 15 radical (unpaired) electrons. The van der Waals surface area contributed by atoms with Gasteiger partial charge in [0, 0.05) is 491 Å². The summed E-state index contributed by atoms with van der Waals surface area (Å²) in [5.74, 6) is -0.713. The molecule has 191 valence electrons. The summed E-state index contributed by atoms with van der Waals surface area (Å²) in [4.78, 5) is 0. The van der Waals surface area contributed by atoms with Crippen LogP contribution in [0.15, 0.2) is 12.2 Å². The third-order valence-corrected chi connectivity index (χ3v) is 4.68. The predicted molar refractivity (Wildman–Crippen MR) is 89.7 cm³/mol. The van der Waals surface area contributed by atoms with Crippen LogP contribution in [-0.2, 0) is 505 Å². The summed E-state index contributed by atoms with van der Waals surface area (Å²) in [6, 6.07) is -0.642. The van der Waals surface area contributed by atoms with E-state index in [0.717, 1.165) is 6.42 Å². The van der Waals surface area contributed by atoms with E-state index in [4.69, 9.17) is 19.9 Å². The van der Waals surface area contributed by atoms with Crippen molar-refractivity contribution in [3.05, 3.63) is 17.9 Å². The molecule has 2 rings (SSSR count). The van der Waals surface area contributed by atoms with Crippen LogP contribution in [0.4, 0.5) is 0 Å². The van der Waals surface area contributed by atoms with Crippen molar-refractivity contribution in [2.75, 3.05) is 6.61 Å². The molecule has 2 fully saturated rings. The summed E-state index contributed by atoms with van der Waals surface area (Å²) < 4.78 is 17.0. The van der Waals surface area contributed by atoms with Crippen LogP contribution in [0.25, 0.3) is 5.73 Å². The van der Waals surface area contributed by atoms with Crippen LogP contribution in [0.3, 0.4) is 0 Å². The number of ether oxygens (including phenoxy) is 3. The van der Waals surface area contributed by atoms with Gasteiger partial charge in [-0.1, -0.05) is 19.0 Å². The maximum atomic E-state index is 10.0. The van der Waals surface area contributed by atoms with Gasteiger partial charge in [0.2, 0.25) is 0 Å². The van der Waals surface area contributed by atoms with Gasteiger partial charge in [0.05, 0.1) is 24.9 Å². The number of nitrogens with one attached hydrogen (secondary N) is 1. The van der Waals surface area contributed by atoms with Crippen LogP contribution in [0.2, 0.25) is 0 Å². The van der Waals surface area contributed by atoms with Crippen molar-refractivity contribution in [1.29, 1.82) is 0 Å². The first kappa shape index (κ1) is 96.0. The molecular formula is C17H30NO7Y15-. The van der Waals surface area contributed by atoms with Crippen molar-refractivity contribution in [2.24, 2.45) is 0 Å². The maximum Gasteiger partial charge on any atom is 0.163 e. The molecule has 2 aliphatic heterocycles. The molecule has 8 atom stereocenters. The quantitative estimate of drug-likeness (QED) is 0.278. The van der Waals surface area contributed by atoms with Crippen LogP contribution in [0, 0.1) is 0 Å². The Hall–Kier alpha value is 16.0. The molecule has 0 bridgehead atoms. The summed E-state index contributed by atoms with van der Waals surface area (Å²) in [6.07, 6.45) is -1.91. The molecule has 2 heterocycles. The van der Waals surface area contributed by atoms with Crippen LogP contribution < -0.4 is 0 Å². The summed E-state index contributed by atoms with van der Waals surface area (Å²) in [5.41, 5.74) is 8.27. The van der Waals surface area contributed by atoms with E-state index < -0.39 is 49.0 Å². The maximum absolute atomic E-state index is 10.0. The van der Waals surface area contributed by atoms with Crippen molar-refractivity contribution in [2.45, 2.75) is 88.2 Å². The van der Waals surface area contributed by atoms with Gasteiger partial charge in [-0.05, 0) is 26.7 Å². The van der Waals surface area contributed by atoms with Crippen molar-refractivity contribution < 1.29 is 525 Å². The average Bonchev–Trinajstić information content (AvgIpc) is 2.89. The molecule has 5 N–H and O–H groups in total. The molecule has 0 aromatic carbocycles. The zero-order valence-electron chi connectivity index (χ0n) is 23.6. The van der Waals surface area contributed by atoms with Gasteiger partial charge in [-0.2, -0.15) is 0 Å². The summed E-state index contributed by atoms with van der Waals surface area (Å²) in [6.45, 7) is 5.17. The topological polar surface area (TPSA) is 132 Å². The second kappa shape index (κ2) is 55.0. The second-order valence-corrected chi connectivity index (χ2v) is 7.10. The van der Waals surface area contributed by atoms with Crippen LogP contribution in [-0.4, -0.2) is 81.6 Å². The van der Waals surface area contributed by atoms with Gasteiger partial charge < -0.3 is 40.4 Å². The van der Waals surface area contributed by atoms with E-state index in [9.17, 15) is 20.4 Å². The van der Waals surface area contributed by atoms with E-state index in [1.807, 2.05) is 20.8 Å². The molecule has 0 aromatic rings. The SMILES string of the molecule is CC[C@H]1OC(C)(C)O[C@H]1[C@@H]([NH-])C=CC[C@H]1OC(CO)[C@H](O)[C@H](O)C1O.[Y].[Y].[Y].[Y].[Y].[Y].[Y].[Y].[Y].[Y].[Y].[Y].[Y].[Y].[Y]. The minimum absolute atomic E-state index is 0. The summed E-state index contributed by atoms with van der Waals surface area (Å²) >= 11 is 0. The molecule has 0 saturated carbocycles. The van der Waals surface area contributed by atoms with E-state index in [1.54, 1.807) is 12.2 Å². The van der Waals surface area contributed by atoms with Crippen molar-refractivity contribution in [3.8, 4) is 0 Å². The smallest absolute Gasteiger partial charge is 0.163 e. The molecular weight excluding hydrogens is 1660 g/mol. The third-order valence-electron chi connectivity index (χ3n) is 4.68. The number of aliphatic hydroxyl groups is 4. The zero-order valence-corrected chi connectivity index (χ0v) is 66.1. The minimum Gasteiger partial charge on any atom is -0.669 e. The second-order valence-electron chi connectivity index (χ2n) is 7.10. The molecule has 0 amide bonds. The molecule has 2 aliphatic rings. The first-order valence-corrected chi connectivity index (χ1v) is 8.74. The Labute approximate surface area is 618 Å². The Balaban J connectivity index is -0.0000000376. The summed E-state index contributed by atoms with van der Waals surface area (Å²) in [5, 5.41) is 38.7. The van der Waals surface area contributed by atoms with E-state index in [1.165, 1.54) is 0 Å². The van der Waals surface area contributed by atoms with E-state index in [0.29, 0.717) is 0 Å². The number of aliphatic hydroxyl groups excluding tert-OH is 4. The van der Waals surface area contributed by atoms with E-state index in [2.05, 4.69) is 0 Å². The predicted octanol–water partition coefficient (Wildman–Crippen LogP) is 0.0885. The van der Waals surface area contributed by atoms with Gasteiger partial charge in [-0.15, -0.1) is 6.08 Å². The molecule has 40 heavy (non-hydrogen) atoms. The van der Waals surface area contributed by atoms with Gasteiger partial charge in [0.25, 0.3) is 0 Å². The molecule has 2 saturated heterocycles. The molecule has 0 aromatic heterocycles. The zero-order chi connectivity index (χ0) is 18.8. The first-order chi connectivity index (χ1) is 11.7. The Morgan fingerprint density at radius 3 is 1.45 bits per heavy atom. The number of hydrogen-bond donors (Lipinski definition) is 4. The van der Waals surface area contributed by atoms with Crippen molar-refractivity contribution in [3.63, 3.8) is 0 Å². The fraction of sp³-hybridized carbons (Fsp3) is 0.882. The fourth-order valence-corrected chi connectivity index (χ4v) is 3.33. The van der Waals surface area contributed by atoms with Crippen LogP contribution >= 0.6 is 0 Å². The van der Waals surface area contributed by atoms with Crippen LogP contribution in [0.5, 0.6) is 0 Å². The fourth-order valence-electron chi connectivity index (χ4n) is 3.33. The average molecular weight is 1690 g/mol. The van der Waals surface area contributed by atoms with Crippen LogP contribution in [0.1, 0.15) is 33.6 Å². The number of hydrogen-bond acceptors (Lipinski definition) is 7. The third kappa shape index (κ3) is 37.0. The first-order valence-electron chi connectivity index (χ1n) is 8.74. The van der Waals surface area contributed by atoms with Gasteiger partial charge in [-0.25, -0.2) is 0 Å². The Morgan fingerprint density at radius 1 is 0.675 bits per heavy atom. The Bertz CT molecular complexity index is 494. The molecule has 0 spiro atoms. The molecule has 8 nitrogen and oxygen atoms in total. The molecule has 2 unspecified atom stereocenters. The van der Waals surface area contributed by atoms with Crippen molar-refractivity contribution in [1.82, 2.24) is 0 Å². The van der Waals surface area contributed by atoms with Gasteiger partial charge >= 0.3 is 0 Å². The summed E-state index contributed by atoms with van der Waals surface area (Å²) in [7, 11) is 0. The van der Waals surface area contributed by atoms with Crippen molar-refractivity contribution >= 4 is 0 Å². The number of rotatable bonds is 6. The standard InChI is InChI=1S/C17H30NO7.15Y/c1-4-10-16(25-17(2,3)24-10)9(18)6-5-7-11-13(20)15(22)14(21)12(8-19)23-11;;;;;;;;;;;;;;;/h5-6,9-16,18-22H,4,7-8H2,1-3H3;;;;;;;;;;;;;;;/q-1;;;;;;;;;;;;;;;/t9-,10+,11+,12?,13?,14-,15+,16-;;;;;;;;;;;;;;;/m0.............../s1. The monoisotopic (exact) mass is 1690 g/mol. The Kier molecular flexibility index (Phi) is 132. The Morgan fingerprint density at radius 2 is 1.07 bits per heavy atom. The molecule has 0 aliphatic carbocycles. The van der Waals surface area contributed by atoms with E-state index >= 15 is 0 Å². The van der Waals surface area contributed by atoms with Gasteiger partial charge in [0.1, 0.15) is 24.4 Å². The minimum atomic E-state index is -1.38. The molecule has 23 heteroatoms.